The Balaban J connectivity index is 2.04. The number of aromatic hydroxyl groups is 1. The lowest BCUT2D eigenvalue weighted by Gasteiger charge is -2.35. The highest BCUT2D eigenvalue weighted by Gasteiger charge is 2.21. The zero-order valence-corrected chi connectivity index (χ0v) is 12.2. The number of ether oxygens (including phenoxy) is 1. The summed E-state index contributed by atoms with van der Waals surface area (Å²) < 4.78 is 5.44. The van der Waals surface area contributed by atoms with Gasteiger partial charge in [-0.1, -0.05) is 19.9 Å². The normalized spacial score (nSPS) is 24.4. The molecule has 3 heteroatoms. The molecule has 1 saturated heterocycles. The number of hydrogen-bond acceptors (Lipinski definition) is 3. The number of rotatable bonds is 4. The largest absolute Gasteiger partial charge is 0.504 e. The van der Waals surface area contributed by atoms with Gasteiger partial charge in [0.2, 0.25) is 0 Å². The second-order valence-electron chi connectivity index (χ2n) is 5.88. The maximum absolute atomic E-state index is 9.72. The second-order valence-corrected chi connectivity index (χ2v) is 5.88. The van der Waals surface area contributed by atoms with Crippen LogP contribution in [-0.2, 0) is 6.54 Å². The molecule has 1 aliphatic rings. The van der Waals surface area contributed by atoms with E-state index in [0.717, 1.165) is 31.5 Å². The van der Waals surface area contributed by atoms with E-state index in [9.17, 15) is 5.11 Å². The van der Waals surface area contributed by atoms with Crippen molar-refractivity contribution in [3.05, 3.63) is 23.8 Å². The van der Waals surface area contributed by atoms with Crippen molar-refractivity contribution in [1.82, 2.24) is 4.90 Å². The average Bonchev–Trinajstić information content (AvgIpc) is 2.32. The van der Waals surface area contributed by atoms with E-state index in [0.29, 0.717) is 12.4 Å². The highest BCUT2D eigenvalue weighted by atomic mass is 16.5. The van der Waals surface area contributed by atoms with Gasteiger partial charge in [0.25, 0.3) is 0 Å². The summed E-state index contributed by atoms with van der Waals surface area (Å²) in [4.78, 5) is 2.50. The van der Waals surface area contributed by atoms with Crippen LogP contribution in [0, 0.1) is 11.8 Å². The molecule has 106 valence electrons. The minimum Gasteiger partial charge on any atom is -0.504 e. The van der Waals surface area contributed by atoms with Gasteiger partial charge in [-0.2, -0.15) is 0 Å². The Bertz CT molecular complexity index is 409. The molecule has 0 aromatic heterocycles. The minimum atomic E-state index is 0.228. The number of hydrogen-bond donors (Lipinski definition) is 1. The van der Waals surface area contributed by atoms with Crippen LogP contribution in [0.2, 0.25) is 0 Å². The summed E-state index contributed by atoms with van der Waals surface area (Å²) in [7, 11) is 0. The maximum Gasteiger partial charge on any atom is 0.161 e. The van der Waals surface area contributed by atoms with E-state index in [1.54, 1.807) is 6.07 Å². The summed E-state index contributed by atoms with van der Waals surface area (Å²) in [6, 6.07) is 5.68. The molecule has 1 aliphatic heterocycles. The summed E-state index contributed by atoms with van der Waals surface area (Å²) in [6.07, 6.45) is 1.33. The first-order valence-corrected chi connectivity index (χ1v) is 7.25. The predicted octanol–water partition coefficient (Wildman–Crippen LogP) is 3.27. The lowest BCUT2D eigenvalue weighted by atomic mass is 9.91. The first-order valence-electron chi connectivity index (χ1n) is 7.25. The van der Waals surface area contributed by atoms with Gasteiger partial charge in [0.05, 0.1) is 6.61 Å². The molecule has 3 nitrogen and oxygen atoms in total. The number of phenolic OH excluding ortho intramolecular Hbond substituents is 1. The van der Waals surface area contributed by atoms with Crippen molar-refractivity contribution in [2.45, 2.75) is 33.7 Å². The summed E-state index contributed by atoms with van der Waals surface area (Å²) in [5, 5.41) is 9.72. The Labute approximate surface area is 116 Å². The number of piperidine rings is 1. The Kier molecular flexibility index (Phi) is 4.70. The third-order valence-electron chi connectivity index (χ3n) is 3.67. The van der Waals surface area contributed by atoms with E-state index in [2.05, 4.69) is 18.7 Å². The molecule has 0 amide bonds. The Morgan fingerprint density at radius 3 is 2.58 bits per heavy atom. The van der Waals surface area contributed by atoms with Crippen LogP contribution >= 0.6 is 0 Å². The van der Waals surface area contributed by atoms with E-state index in [1.807, 2.05) is 19.1 Å². The zero-order valence-electron chi connectivity index (χ0n) is 12.2. The molecule has 1 aromatic carbocycles. The molecule has 0 bridgehead atoms. The van der Waals surface area contributed by atoms with E-state index < -0.39 is 0 Å². The smallest absolute Gasteiger partial charge is 0.161 e. The lowest BCUT2D eigenvalue weighted by Crippen LogP contribution is -2.38. The fraction of sp³-hybridized carbons (Fsp3) is 0.625. The maximum atomic E-state index is 9.72. The second kappa shape index (κ2) is 6.29. The van der Waals surface area contributed by atoms with Gasteiger partial charge in [0.1, 0.15) is 0 Å². The minimum absolute atomic E-state index is 0.228. The van der Waals surface area contributed by atoms with E-state index in [-0.39, 0.29) is 5.75 Å². The third kappa shape index (κ3) is 3.87. The van der Waals surface area contributed by atoms with Crippen molar-refractivity contribution < 1.29 is 9.84 Å². The SMILES string of the molecule is CCOc1cc(CN2CC(C)CC(C)C2)ccc1O. The topological polar surface area (TPSA) is 32.7 Å². The number of likely N-dealkylation sites (tertiary alicyclic amines) is 1. The van der Waals surface area contributed by atoms with Crippen LogP contribution in [0.4, 0.5) is 0 Å². The van der Waals surface area contributed by atoms with Gasteiger partial charge in [0, 0.05) is 19.6 Å². The molecule has 0 saturated carbocycles. The number of benzene rings is 1. The van der Waals surface area contributed by atoms with Crippen LogP contribution in [0.5, 0.6) is 11.5 Å². The Hall–Kier alpha value is -1.22. The zero-order chi connectivity index (χ0) is 13.8. The standard InChI is InChI=1S/C16H25NO2/c1-4-19-16-8-14(5-6-15(16)18)11-17-9-12(2)7-13(3)10-17/h5-6,8,12-13,18H,4,7,9-11H2,1-3H3. The van der Waals surface area contributed by atoms with Gasteiger partial charge < -0.3 is 9.84 Å². The average molecular weight is 263 g/mol. The van der Waals surface area contributed by atoms with Crippen molar-refractivity contribution in [3.63, 3.8) is 0 Å². The molecular formula is C16H25NO2. The Morgan fingerprint density at radius 1 is 1.26 bits per heavy atom. The van der Waals surface area contributed by atoms with Gasteiger partial charge in [-0.3, -0.25) is 4.90 Å². The van der Waals surface area contributed by atoms with Crippen LogP contribution in [0.1, 0.15) is 32.8 Å². The predicted molar refractivity (Wildman–Crippen MR) is 77.5 cm³/mol. The van der Waals surface area contributed by atoms with Gasteiger partial charge >= 0.3 is 0 Å². The van der Waals surface area contributed by atoms with Gasteiger partial charge in [0.15, 0.2) is 11.5 Å². The molecule has 1 fully saturated rings. The first kappa shape index (κ1) is 14.2. The van der Waals surface area contributed by atoms with Crippen LogP contribution in [0.3, 0.4) is 0 Å². The summed E-state index contributed by atoms with van der Waals surface area (Å²) in [6.45, 7) is 10.4. The third-order valence-corrected chi connectivity index (χ3v) is 3.67. The fourth-order valence-electron chi connectivity index (χ4n) is 3.11. The summed E-state index contributed by atoms with van der Waals surface area (Å²) in [5.41, 5.74) is 1.21. The molecule has 1 heterocycles. The molecular weight excluding hydrogens is 238 g/mol. The van der Waals surface area contributed by atoms with E-state index in [4.69, 9.17) is 4.74 Å². The van der Waals surface area contributed by atoms with Crippen molar-refractivity contribution in [2.75, 3.05) is 19.7 Å². The molecule has 19 heavy (non-hydrogen) atoms. The van der Waals surface area contributed by atoms with Gasteiger partial charge in [-0.15, -0.1) is 0 Å². The molecule has 1 aromatic rings. The molecule has 0 aliphatic carbocycles. The molecule has 0 spiro atoms. The Morgan fingerprint density at radius 2 is 1.95 bits per heavy atom. The van der Waals surface area contributed by atoms with Crippen molar-refractivity contribution in [3.8, 4) is 11.5 Å². The van der Waals surface area contributed by atoms with Crippen molar-refractivity contribution in [1.29, 1.82) is 0 Å². The highest BCUT2D eigenvalue weighted by Crippen LogP contribution is 2.28. The fourth-order valence-corrected chi connectivity index (χ4v) is 3.11. The number of phenols is 1. The molecule has 1 N–H and O–H groups in total. The summed E-state index contributed by atoms with van der Waals surface area (Å²) >= 11 is 0. The van der Waals surface area contributed by atoms with Gasteiger partial charge in [-0.05, 0) is 42.9 Å². The first-order chi connectivity index (χ1) is 9.08. The number of nitrogens with zero attached hydrogens (tertiary/aromatic N) is 1. The van der Waals surface area contributed by atoms with E-state index >= 15 is 0 Å². The van der Waals surface area contributed by atoms with E-state index in [1.165, 1.54) is 12.0 Å². The van der Waals surface area contributed by atoms with Crippen LogP contribution in [-0.4, -0.2) is 29.7 Å². The monoisotopic (exact) mass is 263 g/mol. The van der Waals surface area contributed by atoms with Crippen molar-refractivity contribution >= 4 is 0 Å². The lowest BCUT2D eigenvalue weighted by molar-refractivity contribution is 0.134. The van der Waals surface area contributed by atoms with Crippen LogP contribution < -0.4 is 4.74 Å². The van der Waals surface area contributed by atoms with Crippen molar-refractivity contribution in [2.24, 2.45) is 11.8 Å². The quantitative estimate of drug-likeness (QED) is 0.905. The highest BCUT2D eigenvalue weighted by molar-refractivity contribution is 5.41. The molecule has 2 unspecified atom stereocenters. The molecule has 0 radical (unpaired) electrons. The summed E-state index contributed by atoms with van der Waals surface area (Å²) in [5.74, 6) is 2.36. The van der Waals surface area contributed by atoms with Gasteiger partial charge in [-0.25, -0.2) is 0 Å². The van der Waals surface area contributed by atoms with Crippen LogP contribution in [0.25, 0.3) is 0 Å². The molecule has 2 atom stereocenters. The van der Waals surface area contributed by atoms with Crippen LogP contribution in [0.15, 0.2) is 18.2 Å². The molecule has 2 rings (SSSR count).